The van der Waals surface area contributed by atoms with Crippen molar-refractivity contribution in [1.29, 1.82) is 0 Å². The van der Waals surface area contributed by atoms with Crippen LogP contribution in [0.1, 0.15) is 22.5 Å². The highest BCUT2D eigenvalue weighted by molar-refractivity contribution is 5.98. The smallest absolute Gasteiger partial charge is 0.267 e. The summed E-state index contributed by atoms with van der Waals surface area (Å²) in [5.74, 6) is -0.152. The maximum atomic E-state index is 12.3. The Kier molecular flexibility index (Phi) is 5.16. The van der Waals surface area contributed by atoms with E-state index in [9.17, 15) is 4.79 Å². The summed E-state index contributed by atoms with van der Waals surface area (Å²) < 4.78 is 0. The van der Waals surface area contributed by atoms with E-state index in [1.807, 2.05) is 12.1 Å². The van der Waals surface area contributed by atoms with Crippen LogP contribution in [0.5, 0.6) is 0 Å². The number of nitrogens with two attached hydrogens (primary N) is 2. The van der Waals surface area contributed by atoms with Crippen molar-refractivity contribution in [3.63, 3.8) is 0 Å². The summed E-state index contributed by atoms with van der Waals surface area (Å²) in [4.78, 5) is 15.5. The summed E-state index contributed by atoms with van der Waals surface area (Å²) in [6, 6.07) is 16.3. The molecule has 0 radical (unpaired) electrons. The van der Waals surface area contributed by atoms with Gasteiger partial charge in [0, 0.05) is 23.5 Å². The Bertz CT molecular complexity index is 867. The van der Waals surface area contributed by atoms with Crippen molar-refractivity contribution in [3.05, 3.63) is 59.8 Å². The first-order chi connectivity index (χ1) is 12.1. The van der Waals surface area contributed by atoms with Crippen molar-refractivity contribution in [1.82, 2.24) is 10.3 Å². The van der Waals surface area contributed by atoms with Crippen LogP contribution >= 0.6 is 0 Å². The minimum Gasteiger partial charge on any atom is -0.351 e. The fourth-order valence-corrected chi connectivity index (χ4v) is 2.81. The van der Waals surface area contributed by atoms with Gasteiger partial charge >= 0.3 is 0 Å². The van der Waals surface area contributed by atoms with Crippen molar-refractivity contribution < 1.29 is 4.79 Å². The largest absolute Gasteiger partial charge is 0.351 e. The molecule has 0 aliphatic carbocycles. The number of rotatable bonds is 6. The van der Waals surface area contributed by atoms with Crippen LogP contribution in [0.15, 0.2) is 48.5 Å². The lowest BCUT2D eigenvalue weighted by Crippen LogP contribution is -2.38. The number of fused-ring (bicyclic) bond motifs is 1. The zero-order valence-electron chi connectivity index (χ0n) is 14.4. The second-order valence-corrected chi connectivity index (χ2v) is 6.40. The number of hydrogen-bond acceptors (Lipinski definition) is 3. The van der Waals surface area contributed by atoms with Crippen LogP contribution in [0.4, 0.5) is 0 Å². The third-order valence-electron chi connectivity index (χ3n) is 4.31. The predicted molar refractivity (Wildman–Crippen MR) is 102 cm³/mol. The first-order valence-corrected chi connectivity index (χ1v) is 8.50. The number of nitrogens with one attached hydrogen (secondary N) is 2. The molecule has 0 saturated heterocycles. The van der Waals surface area contributed by atoms with E-state index >= 15 is 0 Å². The minimum absolute atomic E-state index is 0.119. The van der Waals surface area contributed by atoms with Gasteiger partial charge < -0.3 is 21.8 Å². The average Bonchev–Trinajstić information content (AvgIpc) is 3.04. The lowest BCUT2D eigenvalue weighted by atomic mass is 10.0. The topological polar surface area (TPSA) is 96.9 Å². The predicted octanol–water partition coefficient (Wildman–Crippen LogP) is 2.55. The fraction of sp³-hybridized carbons (Fsp3) is 0.250. The summed E-state index contributed by atoms with van der Waals surface area (Å²) in [5.41, 5.74) is 16.3. The number of hydrogen-bond donors (Lipinski definition) is 4. The van der Waals surface area contributed by atoms with Gasteiger partial charge in [-0.2, -0.15) is 0 Å². The third kappa shape index (κ3) is 4.07. The molecule has 0 unspecified atom stereocenters. The number of amides is 1. The molecule has 5 heteroatoms. The quantitative estimate of drug-likeness (QED) is 0.557. The Morgan fingerprint density at radius 1 is 1.12 bits per heavy atom. The van der Waals surface area contributed by atoms with Crippen molar-refractivity contribution in [3.8, 4) is 11.1 Å². The van der Waals surface area contributed by atoms with Gasteiger partial charge in [0.2, 0.25) is 0 Å². The van der Waals surface area contributed by atoms with Gasteiger partial charge in [0.05, 0.1) is 0 Å². The molecular formula is C20H24N4O. The zero-order valence-corrected chi connectivity index (χ0v) is 14.4. The standard InChI is InChI=1S/C20H24N4O/c1-13-2-4-14(5-3-13)15-6-7-16-11-19(24-18(16)10-15)20(25)23-12-17(22)8-9-21/h2-7,10-11,17,24H,8-9,12,21-22H2,1H3,(H,23,25)/t17-/m0/s1. The van der Waals surface area contributed by atoms with Gasteiger partial charge in [0.25, 0.3) is 5.91 Å². The number of benzene rings is 2. The van der Waals surface area contributed by atoms with E-state index in [0.29, 0.717) is 25.2 Å². The molecule has 0 fully saturated rings. The van der Waals surface area contributed by atoms with Crippen molar-refractivity contribution in [2.75, 3.05) is 13.1 Å². The van der Waals surface area contributed by atoms with Crippen LogP contribution < -0.4 is 16.8 Å². The highest BCUT2D eigenvalue weighted by atomic mass is 16.1. The lowest BCUT2D eigenvalue weighted by Gasteiger charge is -2.10. The summed E-state index contributed by atoms with van der Waals surface area (Å²) in [5, 5.41) is 3.85. The van der Waals surface area contributed by atoms with E-state index < -0.39 is 0 Å². The van der Waals surface area contributed by atoms with Crippen molar-refractivity contribution in [2.45, 2.75) is 19.4 Å². The number of aryl methyl sites for hydroxylation is 1. The van der Waals surface area contributed by atoms with E-state index in [1.165, 1.54) is 5.56 Å². The first kappa shape index (κ1) is 17.2. The second-order valence-electron chi connectivity index (χ2n) is 6.40. The molecular weight excluding hydrogens is 312 g/mol. The second kappa shape index (κ2) is 7.51. The van der Waals surface area contributed by atoms with Crippen LogP contribution in [0.2, 0.25) is 0 Å². The Morgan fingerprint density at radius 2 is 1.84 bits per heavy atom. The third-order valence-corrected chi connectivity index (χ3v) is 4.31. The number of carbonyl (C=O) groups excluding carboxylic acids is 1. The molecule has 0 saturated carbocycles. The molecule has 1 amide bonds. The summed E-state index contributed by atoms with van der Waals surface area (Å²) >= 11 is 0. The molecule has 1 heterocycles. The van der Waals surface area contributed by atoms with Crippen LogP contribution in [0.25, 0.3) is 22.0 Å². The molecule has 1 atom stereocenters. The van der Waals surface area contributed by atoms with Gasteiger partial charge in [-0.15, -0.1) is 0 Å². The normalized spacial score (nSPS) is 12.3. The first-order valence-electron chi connectivity index (χ1n) is 8.50. The van der Waals surface area contributed by atoms with E-state index in [2.05, 4.69) is 53.6 Å². The molecule has 0 bridgehead atoms. The Balaban J connectivity index is 1.78. The molecule has 1 aromatic heterocycles. The number of H-pyrrole nitrogens is 1. The van der Waals surface area contributed by atoms with Crippen LogP contribution in [-0.2, 0) is 0 Å². The Labute approximate surface area is 147 Å². The van der Waals surface area contributed by atoms with Crippen LogP contribution in [0.3, 0.4) is 0 Å². The highest BCUT2D eigenvalue weighted by Crippen LogP contribution is 2.25. The van der Waals surface area contributed by atoms with Gasteiger partial charge in [0.1, 0.15) is 5.69 Å². The molecule has 3 rings (SSSR count). The summed E-state index contributed by atoms with van der Waals surface area (Å²) in [6.45, 7) is 3.01. The Morgan fingerprint density at radius 3 is 2.56 bits per heavy atom. The van der Waals surface area contributed by atoms with E-state index in [0.717, 1.165) is 22.0 Å². The van der Waals surface area contributed by atoms with Gasteiger partial charge in [-0.1, -0.05) is 42.0 Å². The average molecular weight is 336 g/mol. The summed E-state index contributed by atoms with van der Waals surface area (Å²) in [7, 11) is 0. The molecule has 3 aromatic rings. The van der Waals surface area contributed by atoms with Gasteiger partial charge in [-0.3, -0.25) is 4.79 Å². The summed E-state index contributed by atoms with van der Waals surface area (Å²) in [6.07, 6.45) is 0.687. The number of aromatic amines is 1. The number of carbonyl (C=O) groups is 1. The van der Waals surface area contributed by atoms with Gasteiger partial charge in [0.15, 0.2) is 0 Å². The fourth-order valence-electron chi connectivity index (χ4n) is 2.81. The zero-order chi connectivity index (χ0) is 17.8. The van der Waals surface area contributed by atoms with E-state index in [-0.39, 0.29) is 11.9 Å². The monoisotopic (exact) mass is 336 g/mol. The number of aromatic nitrogens is 1. The molecule has 0 aliphatic heterocycles. The van der Waals surface area contributed by atoms with Crippen LogP contribution in [-0.4, -0.2) is 30.0 Å². The van der Waals surface area contributed by atoms with Gasteiger partial charge in [-0.05, 0) is 43.1 Å². The van der Waals surface area contributed by atoms with Crippen LogP contribution in [0, 0.1) is 6.92 Å². The lowest BCUT2D eigenvalue weighted by molar-refractivity contribution is 0.0946. The molecule has 25 heavy (non-hydrogen) atoms. The molecule has 6 N–H and O–H groups in total. The molecule has 5 nitrogen and oxygen atoms in total. The van der Waals surface area contributed by atoms with Gasteiger partial charge in [-0.25, -0.2) is 0 Å². The van der Waals surface area contributed by atoms with E-state index in [4.69, 9.17) is 11.5 Å². The van der Waals surface area contributed by atoms with Crippen molar-refractivity contribution in [2.24, 2.45) is 11.5 Å². The minimum atomic E-state index is -0.152. The highest BCUT2D eigenvalue weighted by Gasteiger charge is 2.11. The van der Waals surface area contributed by atoms with E-state index in [1.54, 1.807) is 0 Å². The Hall–Kier alpha value is -2.63. The molecule has 0 aliphatic rings. The molecule has 130 valence electrons. The maximum Gasteiger partial charge on any atom is 0.267 e. The van der Waals surface area contributed by atoms with Crippen molar-refractivity contribution >= 4 is 16.8 Å². The molecule has 2 aromatic carbocycles. The SMILES string of the molecule is Cc1ccc(-c2ccc3cc(C(=O)NC[C@@H](N)CCN)[nH]c3c2)cc1. The maximum absolute atomic E-state index is 12.3. The molecule has 0 spiro atoms.